The van der Waals surface area contributed by atoms with Crippen LogP contribution in [0.3, 0.4) is 0 Å². The maximum absolute atomic E-state index is 13.8. The predicted molar refractivity (Wildman–Crippen MR) is 107 cm³/mol. The fraction of sp³-hybridized carbons (Fsp3) is 0.391. The summed E-state index contributed by atoms with van der Waals surface area (Å²) in [5.41, 5.74) is 3.67. The highest BCUT2D eigenvalue weighted by molar-refractivity contribution is 5.85. The number of halogens is 4. The van der Waals surface area contributed by atoms with Gasteiger partial charge in [0.2, 0.25) is 0 Å². The molecule has 0 saturated carbocycles. The van der Waals surface area contributed by atoms with Crippen molar-refractivity contribution in [1.29, 1.82) is 0 Å². The van der Waals surface area contributed by atoms with Crippen molar-refractivity contribution < 1.29 is 27.0 Å². The number of nitrogens with zero attached hydrogens (tertiary/aromatic N) is 1. The van der Waals surface area contributed by atoms with Gasteiger partial charge in [0.15, 0.2) is 0 Å². The Balaban J connectivity index is 1.28. The molecular formula is C23H22F4N2O2. The van der Waals surface area contributed by atoms with E-state index in [4.69, 9.17) is 4.74 Å². The Labute approximate surface area is 176 Å². The monoisotopic (exact) mass is 434 g/mol. The summed E-state index contributed by atoms with van der Waals surface area (Å²) in [6, 6.07) is 10.8. The van der Waals surface area contributed by atoms with Crippen molar-refractivity contribution >= 4 is 10.9 Å². The van der Waals surface area contributed by atoms with Crippen molar-refractivity contribution in [3.05, 3.63) is 65.1 Å². The summed E-state index contributed by atoms with van der Waals surface area (Å²) in [6.45, 7) is 2.85. The summed E-state index contributed by atoms with van der Waals surface area (Å²) in [5.74, 6) is -0.455. The maximum atomic E-state index is 13.8. The maximum Gasteiger partial charge on any atom is 0.573 e. The van der Waals surface area contributed by atoms with Crippen LogP contribution in [0.5, 0.6) is 5.75 Å². The molecule has 31 heavy (non-hydrogen) atoms. The third-order valence-corrected chi connectivity index (χ3v) is 6.28. The van der Waals surface area contributed by atoms with Gasteiger partial charge in [-0.3, -0.25) is 4.90 Å². The second-order valence-corrected chi connectivity index (χ2v) is 8.23. The minimum Gasteiger partial charge on any atom is -0.406 e. The molecule has 0 radical (unpaired) electrons. The molecular weight excluding hydrogens is 412 g/mol. The molecule has 0 aliphatic carbocycles. The van der Waals surface area contributed by atoms with Crippen LogP contribution >= 0.6 is 0 Å². The molecule has 0 atom stereocenters. The van der Waals surface area contributed by atoms with Gasteiger partial charge in [-0.15, -0.1) is 13.2 Å². The summed E-state index contributed by atoms with van der Waals surface area (Å²) in [4.78, 5) is 5.75. The van der Waals surface area contributed by atoms with Gasteiger partial charge < -0.3 is 14.5 Å². The number of H-pyrrole nitrogens is 1. The van der Waals surface area contributed by atoms with E-state index in [1.54, 1.807) is 24.3 Å². The zero-order valence-electron chi connectivity index (χ0n) is 16.8. The first kappa shape index (κ1) is 20.3. The van der Waals surface area contributed by atoms with Gasteiger partial charge in [0.1, 0.15) is 17.2 Å². The van der Waals surface area contributed by atoms with E-state index in [0.717, 1.165) is 60.1 Å². The SMILES string of the molecule is Fc1ccc2[nH]c3c(c2c1)CCOC31CCN(Cc2ccc(OC(F)(F)F)cc2)CC1. The number of ether oxygens (including phenoxy) is 2. The molecule has 2 aliphatic rings. The average molecular weight is 434 g/mol. The molecule has 1 spiro atoms. The fourth-order valence-corrected chi connectivity index (χ4v) is 4.81. The topological polar surface area (TPSA) is 37.5 Å². The van der Waals surface area contributed by atoms with Gasteiger partial charge in [0.25, 0.3) is 0 Å². The normalized spacial score (nSPS) is 19.0. The summed E-state index contributed by atoms with van der Waals surface area (Å²) in [5, 5.41) is 0.932. The zero-order valence-corrected chi connectivity index (χ0v) is 16.8. The van der Waals surface area contributed by atoms with E-state index in [0.29, 0.717) is 13.2 Å². The largest absolute Gasteiger partial charge is 0.573 e. The lowest BCUT2D eigenvalue weighted by atomic mass is 9.83. The molecule has 1 aromatic heterocycles. The van der Waals surface area contributed by atoms with Gasteiger partial charge in [-0.2, -0.15) is 0 Å². The lowest BCUT2D eigenvalue weighted by molar-refractivity contribution is -0.274. The van der Waals surface area contributed by atoms with Crippen LogP contribution in [0.2, 0.25) is 0 Å². The molecule has 0 bridgehead atoms. The number of aromatic nitrogens is 1. The number of rotatable bonds is 3. The molecule has 3 aromatic rings. The highest BCUT2D eigenvalue weighted by Gasteiger charge is 2.42. The summed E-state index contributed by atoms with van der Waals surface area (Å²) in [6.07, 6.45) is -2.33. The van der Waals surface area contributed by atoms with E-state index in [1.807, 2.05) is 0 Å². The fourth-order valence-electron chi connectivity index (χ4n) is 4.81. The molecule has 164 valence electrons. The Morgan fingerprint density at radius 1 is 1.06 bits per heavy atom. The number of nitrogens with one attached hydrogen (secondary N) is 1. The van der Waals surface area contributed by atoms with Gasteiger partial charge in [-0.05, 0) is 60.7 Å². The Morgan fingerprint density at radius 3 is 2.52 bits per heavy atom. The van der Waals surface area contributed by atoms with E-state index < -0.39 is 12.0 Å². The number of piperidine rings is 1. The van der Waals surface area contributed by atoms with Gasteiger partial charge >= 0.3 is 6.36 Å². The summed E-state index contributed by atoms with van der Waals surface area (Å²) < 4.78 is 60.9. The van der Waals surface area contributed by atoms with Crippen molar-refractivity contribution in [2.24, 2.45) is 0 Å². The van der Waals surface area contributed by atoms with Crippen molar-refractivity contribution in [2.75, 3.05) is 19.7 Å². The molecule has 5 rings (SSSR count). The smallest absolute Gasteiger partial charge is 0.406 e. The van der Waals surface area contributed by atoms with Crippen LogP contribution < -0.4 is 4.74 Å². The van der Waals surface area contributed by atoms with Crippen LogP contribution in [0.25, 0.3) is 10.9 Å². The number of likely N-dealkylation sites (tertiary alicyclic amines) is 1. The van der Waals surface area contributed by atoms with Gasteiger partial charge in [0.05, 0.1) is 12.3 Å². The number of hydrogen-bond acceptors (Lipinski definition) is 3. The van der Waals surface area contributed by atoms with Crippen LogP contribution in [0.4, 0.5) is 17.6 Å². The third kappa shape index (κ3) is 4.02. The molecule has 8 heteroatoms. The molecule has 2 aliphatic heterocycles. The first-order chi connectivity index (χ1) is 14.8. The van der Waals surface area contributed by atoms with Gasteiger partial charge in [-0.25, -0.2) is 4.39 Å². The first-order valence-electron chi connectivity index (χ1n) is 10.3. The van der Waals surface area contributed by atoms with Crippen LogP contribution in [-0.4, -0.2) is 35.9 Å². The van der Waals surface area contributed by atoms with Crippen LogP contribution in [-0.2, 0) is 23.3 Å². The van der Waals surface area contributed by atoms with Crippen LogP contribution in [0, 0.1) is 5.82 Å². The summed E-state index contributed by atoms with van der Waals surface area (Å²) in [7, 11) is 0. The van der Waals surface area contributed by atoms with Crippen molar-refractivity contribution in [3.8, 4) is 5.75 Å². The number of alkyl halides is 3. The van der Waals surface area contributed by atoms with Crippen molar-refractivity contribution in [2.45, 2.75) is 37.8 Å². The lowest BCUT2D eigenvalue weighted by Crippen LogP contribution is -2.46. The van der Waals surface area contributed by atoms with Crippen molar-refractivity contribution in [3.63, 3.8) is 0 Å². The Hall–Kier alpha value is -2.58. The quantitative estimate of drug-likeness (QED) is 0.571. The Morgan fingerprint density at radius 2 is 1.81 bits per heavy atom. The van der Waals surface area contributed by atoms with E-state index in [1.165, 1.54) is 18.2 Å². The highest BCUT2D eigenvalue weighted by Crippen LogP contribution is 2.43. The average Bonchev–Trinajstić information content (AvgIpc) is 3.10. The van der Waals surface area contributed by atoms with E-state index >= 15 is 0 Å². The molecule has 4 nitrogen and oxygen atoms in total. The zero-order chi connectivity index (χ0) is 21.6. The second-order valence-electron chi connectivity index (χ2n) is 8.23. The third-order valence-electron chi connectivity index (χ3n) is 6.28. The number of fused-ring (bicyclic) bond motifs is 4. The Kier molecular flexibility index (Phi) is 4.94. The molecule has 1 N–H and O–H groups in total. The van der Waals surface area contributed by atoms with E-state index in [2.05, 4.69) is 14.6 Å². The number of aromatic amines is 1. The summed E-state index contributed by atoms with van der Waals surface area (Å²) >= 11 is 0. The molecule has 2 aromatic carbocycles. The molecule has 1 fully saturated rings. The van der Waals surface area contributed by atoms with E-state index in [9.17, 15) is 17.6 Å². The second kappa shape index (κ2) is 7.53. The van der Waals surface area contributed by atoms with Crippen molar-refractivity contribution in [1.82, 2.24) is 9.88 Å². The van der Waals surface area contributed by atoms with Crippen LogP contribution in [0.15, 0.2) is 42.5 Å². The number of hydrogen-bond donors (Lipinski definition) is 1. The molecule has 1 saturated heterocycles. The molecule has 0 unspecified atom stereocenters. The minimum absolute atomic E-state index is 0.216. The molecule has 0 amide bonds. The standard InChI is InChI=1S/C23H22F4N2O2/c24-16-3-6-20-19(13-16)18-7-12-30-22(21(18)28-20)8-10-29(11-9-22)14-15-1-4-17(5-2-15)31-23(25,26)27/h1-6,13,28H,7-12,14H2. The Bertz CT molecular complexity index is 1080. The van der Waals surface area contributed by atoms with Crippen LogP contribution in [0.1, 0.15) is 29.7 Å². The van der Waals surface area contributed by atoms with Gasteiger partial charge in [0, 0.05) is 30.5 Å². The highest BCUT2D eigenvalue weighted by atomic mass is 19.4. The van der Waals surface area contributed by atoms with E-state index in [-0.39, 0.29) is 11.6 Å². The van der Waals surface area contributed by atoms with Gasteiger partial charge in [-0.1, -0.05) is 12.1 Å². The molecule has 3 heterocycles. The number of benzene rings is 2. The minimum atomic E-state index is -4.68. The first-order valence-corrected chi connectivity index (χ1v) is 10.3. The predicted octanol–water partition coefficient (Wildman–Crippen LogP) is 5.27. The lowest BCUT2D eigenvalue weighted by Gasteiger charge is -2.43.